The van der Waals surface area contributed by atoms with Crippen LogP contribution in [0.25, 0.3) is 17.4 Å². The molecule has 2 aromatic carbocycles. The Balaban J connectivity index is 1.62. The standard InChI is InChI=1S/C21H15N3O5/c1-13-4-2-6-15(10-13)23-21(26)18(20(25)22-23)12-17-8-9-19(29-17)14-5-3-7-16(11-14)24(27)28/h2-12H,1H3,(H,22,25). The number of nitro groups is 1. The lowest BCUT2D eigenvalue weighted by atomic mass is 10.1. The molecular formula is C21H15N3O5. The first-order valence-corrected chi connectivity index (χ1v) is 8.71. The maximum Gasteiger partial charge on any atom is 0.282 e. The van der Waals surface area contributed by atoms with E-state index in [1.54, 1.807) is 42.5 Å². The van der Waals surface area contributed by atoms with Crippen LogP contribution in [-0.4, -0.2) is 16.7 Å². The Labute approximate surface area is 165 Å². The van der Waals surface area contributed by atoms with Crippen molar-refractivity contribution in [3.05, 3.63) is 87.7 Å². The van der Waals surface area contributed by atoms with Gasteiger partial charge in [-0.1, -0.05) is 24.3 Å². The van der Waals surface area contributed by atoms with Gasteiger partial charge in [-0.15, -0.1) is 0 Å². The Morgan fingerprint density at radius 2 is 1.86 bits per heavy atom. The van der Waals surface area contributed by atoms with Gasteiger partial charge in [0, 0.05) is 17.7 Å². The van der Waals surface area contributed by atoms with Gasteiger partial charge >= 0.3 is 0 Å². The summed E-state index contributed by atoms with van der Waals surface area (Å²) >= 11 is 0. The molecule has 144 valence electrons. The zero-order chi connectivity index (χ0) is 20.5. The molecule has 4 rings (SSSR count). The largest absolute Gasteiger partial charge is 0.457 e. The van der Waals surface area contributed by atoms with Crippen LogP contribution in [0.4, 0.5) is 11.4 Å². The van der Waals surface area contributed by atoms with Gasteiger partial charge in [-0.3, -0.25) is 25.1 Å². The number of hydrogen-bond acceptors (Lipinski definition) is 5. The predicted octanol–water partition coefficient (Wildman–Crippen LogP) is 3.62. The fraction of sp³-hybridized carbons (Fsp3) is 0.0476. The molecule has 1 fully saturated rings. The molecule has 0 radical (unpaired) electrons. The number of aryl methyl sites for hydroxylation is 1. The average Bonchev–Trinajstić information content (AvgIpc) is 3.28. The predicted molar refractivity (Wildman–Crippen MR) is 106 cm³/mol. The number of carbonyl (C=O) groups excluding carboxylic acids is 2. The maximum absolute atomic E-state index is 12.7. The van der Waals surface area contributed by atoms with Crippen molar-refractivity contribution in [2.75, 3.05) is 5.01 Å². The van der Waals surface area contributed by atoms with Crippen molar-refractivity contribution in [3.63, 3.8) is 0 Å². The van der Waals surface area contributed by atoms with Gasteiger partial charge in [0.05, 0.1) is 10.6 Å². The van der Waals surface area contributed by atoms with Crippen LogP contribution >= 0.6 is 0 Å². The number of hydrogen-bond donors (Lipinski definition) is 1. The van der Waals surface area contributed by atoms with Gasteiger partial charge in [0.1, 0.15) is 17.1 Å². The lowest BCUT2D eigenvalue weighted by Gasteiger charge is -2.14. The van der Waals surface area contributed by atoms with Crippen molar-refractivity contribution < 1.29 is 18.9 Å². The Kier molecular flexibility index (Phi) is 4.44. The molecule has 0 aliphatic carbocycles. The van der Waals surface area contributed by atoms with E-state index in [1.165, 1.54) is 23.2 Å². The summed E-state index contributed by atoms with van der Waals surface area (Å²) in [6.45, 7) is 1.89. The average molecular weight is 389 g/mol. The highest BCUT2D eigenvalue weighted by atomic mass is 16.6. The number of nitrogens with zero attached hydrogens (tertiary/aromatic N) is 2. The van der Waals surface area contributed by atoms with Crippen LogP contribution in [0.1, 0.15) is 11.3 Å². The van der Waals surface area contributed by atoms with E-state index < -0.39 is 16.7 Å². The molecule has 1 aromatic heterocycles. The van der Waals surface area contributed by atoms with Crippen LogP contribution in [0.15, 0.2) is 70.7 Å². The smallest absolute Gasteiger partial charge is 0.282 e. The molecule has 8 nitrogen and oxygen atoms in total. The van der Waals surface area contributed by atoms with Gasteiger partial charge in [0.2, 0.25) is 0 Å². The minimum absolute atomic E-state index is 0.0575. The molecule has 0 spiro atoms. The molecule has 0 saturated carbocycles. The first-order chi connectivity index (χ1) is 13.9. The van der Waals surface area contributed by atoms with E-state index in [0.717, 1.165) is 5.56 Å². The van der Waals surface area contributed by atoms with E-state index in [1.807, 2.05) is 13.0 Å². The van der Waals surface area contributed by atoms with Gasteiger partial charge in [0.25, 0.3) is 17.5 Å². The highest BCUT2D eigenvalue weighted by molar-refractivity contribution is 6.31. The van der Waals surface area contributed by atoms with Crippen LogP contribution in [0.5, 0.6) is 0 Å². The molecular weight excluding hydrogens is 374 g/mol. The topological polar surface area (TPSA) is 106 Å². The molecule has 1 N–H and O–H groups in total. The third-order valence-electron chi connectivity index (χ3n) is 4.41. The van der Waals surface area contributed by atoms with Gasteiger partial charge in [0.15, 0.2) is 0 Å². The van der Waals surface area contributed by atoms with Crippen molar-refractivity contribution in [3.8, 4) is 11.3 Å². The second-order valence-corrected chi connectivity index (χ2v) is 6.49. The molecule has 0 bridgehead atoms. The van der Waals surface area contributed by atoms with Crippen molar-refractivity contribution in [2.24, 2.45) is 0 Å². The summed E-state index contributed by atoms with van der Waals surface area (Å²) < 4.78 is 5.67. The van der Waals surface area contributed by atoms with E-state index in [2.05, 4.69) is 5.43 Å². The highest BCUT2D eigenvalue weighted by Gasteiger charge is 2.34. The van der Waals surface area contributed by atoms with Gasteiger partial charge in [-0.25, -0.2) is 5.01 Å². The zero-order valence-electron chi connectivity index (χ0n) is 15.3. The SMILES string of the molecule is Cc1cccc(N2NC(=O)C(=Cc3ccc(-c4cccc([N+](=O)[O-])c4)o3)C2=O)c1. The number of amides is 2. The number of hydrazine groups is 1. The first-order valence-electron chi connectivity index (χ1n) is 8.71. The van der Waals surface area contributed by atoms with Crippen molar-refractivity contribution in [1.29, 1.82) is 0 Å². The molecule has 29 heavy (non-hydrogen) atoms. The van der Waals surface area contributed by atoms with E-state index >= 15 is 0 Å². The fourth-order valence-corrected chi connectivity index (χ4v) is 3.01. The number of anilines is 1. The molecule has 2 heterocycles. The molecule has 1 aliphatic rings. The van der Waals surface area contributed by atoms with Gasteiger partial charge in [-0.2, -0.15) is 0 Å². The molecule has 0 unspecified atom stereocenters. The number of carbonyl (C=O) groups is 2. The Morgan fingerprint density at radius 1 is 1.07 bits per heavy atom. The number of nitro benzene ring substituents is 1. The van der Waals surface area contributed by atoms with Crippen LogP contribution in [0.3, 0.4) is 0 Å². The third-order valence-corrected chi connectivity index (χ3v) is 4.41. The number of benzene rings is 2. The van der Waals surface area contributed by atoms with Crippen molar-refractivity contribution in [1.82, 2.24) is 5.43 Å². The van der Waals surface area contributed by atoms with E-state index in [0.29, 0.717) is 17.0 Å². The van der Waals surface area contributed by atoms with Crippen LogP contribution in [-0.2, 0) is 9.59 Å². The zero-order valence-corrected chi connectivity index (χ0v) is 15.3. The molecule has 0 atom stereocenters. The minimum Gasteiger partial charge on any atom is -0.457 e. The summed E-state index contributed by atoms with van der Waals surface area (Å²) in [5, 5.41) is 12.1. The molecule has 3 aromatic rings. The maximum atomic E-state index is 12.7. The number of rotatable bonds is 4. The molecule has 2 amide bonds. The van der Waals surface area contributed by atoms with E-state index in [4.69, 9.17) is 4.42 Å². The van der Waals surface area contributed by atoms with Crippen molar-refractivity contribution >= 4 is 29.3 Å². The summed E-state index contributed by atoms with van der Waals surface area (Å²) in [7, 11) is 0. The fourth-order valence-electron chi connectivity index (χ4n) is 3.01. The van der Waals surface area contributed by atoms with E-state index in [-0.39, 0.29) is 17.0 Å². The summed E-state index contributed by atoms with van der Waals surface area (Å²) in [5.74, 6) is -0.350. The molecule has 1 saturated heterocycles. The monoisotopic (exact) mass is 389 g/mol. The summed E-state index contributed by atoms with van der Waals surface area (Å²) in [6.07, 6.45) is 1.36. The van der Waals surface area contributed by atoms with Crippen molar-refractivity contribution in [2.45, 2.75) is 6.92 Å². The Bertz CT molecular complexity index is 1180. The third kappa shape index (κ3) is 3.51. The number of nitrogens with one attached hydrogen (secondary N) is 1. The number of furan rings is 1. The molecule has 1 aliphatic heterocycles. The highest BCUT2D eigenvalue weighted by Crippen LogP contribution is 2.28. The van der Waals surface area contributed by atoms with E-state index in [9.17, 15) is 19.7 Å². The Hall–Kier alpha value is -4.20. The van der Waals surface area contributed by atoms with Crippen LogP contribution < -0.4 is 10.4 Å². The lowest BCUT2D eigenvalue weighted by Crippen LogP contribution is -2.35. The Morgan fingerprint density at radius 3 is 2.62 bits per heavy atom. The first kappa shape index (κ1) is 18.2. The van der Waals surface area contributed by atoms with Crippen LogP contribution in [0.2, 0.25) is 0 Å². The normalized spacial score (nSPS) is 15.1. The van der Waals surface area contributed by atoms with Gasteiger partial charge in [-0.05, 0) is 42.8 Å². The summed E-state index contributed by atoms with van der Waals surface area (Å²) in [4.78, 5) is 35.4. The minimum atomic E-state index is -0.537. The number of non-ortho nitro benzene ring substituents is 1. The quantitative estimate of drug-likeness (QED) is 0.317. The second-order valence-electron chi connectivity index (χ2n) is 6.49. The lowest BCUT2D eigenvalue weighted by molar-refractivity contribution is -0.384. The van der Waals surface area contributed by atoms with Gasteiger partial charge < -0.3 is 4.42 Å². The van der Waals surface area contributed by atoms with Crippen LogP contribution in [0, 0.1) is 17.0 Å². The summed E-state index contributed by atoms with van der Waals surface area (Å²) in [6, 6.07) is 16.4. The summed E-state index contributed by atoms with van der Waals surface area (Å²) in [5.41, 5.74) is 4.45. The second kappa shape index (κ2) is 7.08. The molecule has 8 heteroatoms.